The van der Waals surface area contributed by atoms with Crippen molar-refractivity contribution in [2.24, 2.45) is 28.7 Å². The van der Waals surface area contributed by atoms with Crippen molar-refractivity contribution >= 4 is 52.5 Å². The molecule has 3 unspecified atom stereocenters. The number of hydrogen-bond acceptors (Lipinski definition) is 8. The number of hydrogen-bond donors (Lipinski definition) is 4. The fourth-order valence-corrected chi connectivity index (χ4v) is 5.26. The van der Waals surface area contributed by atoms with E-state index < -0.39 is 0 Å². The smallest absolute Gasteiger partial charge is 0.240 e. The molecule has 6 N–H and O–H groups in total. The number of aromatic amines is 1. The molecule has 2 aromatic rings. The standard InChI is InChI=1S/C11H20N2O2.C10H9NOS.C8H14N2OS.C4H10.2C2H6.CH5N/c1-11(2,3)7-9(14)13-6-4-5-8(13)10(12)15;1-13-9-4-2-3-7-8(12)5-6-11-10(7)9;1-4-6-5-7(6)8(11)9-12-10(2)3;1-3-4-2;3*1-2/h8H,4-7H2,1-3H3,(H2,12,15);2-6H,1H3,(H,11,12);4,6-7H,1,5H2,2-3H3,(H,9,11);3-4H2,1-2H3;2*1-2H3;2H2,1H3. The molecule has 3 atom stereocenters. The van der Waals surface area contributed by atoms with Gasteiger partial charge in [0.05, 0.1) is 5.52 Å². The number of nitrogens with zero attached hydrogens (tertiary/aromatic N) is 2. The number of pyridine rings is 1. The van der Waals surface area contributed by atoms with E-state index in [1.54, 1.807) is 28.9 Å². The van der Waals surface area contributed by atoms with Gasteiger partial charge in [0.15, 0.2) is 5.43 Å². The lowest BCUT2D eigenvalue weighted by molar-refractivity contribution is -0.138. The van der Waals surface area contributed by atoms with Crippen LogP contribution in [-0.2, 0) is 14.4 Å². The maximum atomic E-state index is 11.9. The van der Waals surface area contributed by atoms with Gasteiger partial charge >= 0.3 is 0 Å². The van der Waals surface area contributed by atoms with E-state index in [0.29, 0.717) is 25.3 Å². The van der Waals surface area contributed by atoms with Crippen molar-refractivity contribution in [2.45, 2.75) is 112 Å². The largest absolute Gasteiger partial charge is 0.368 e. The van der Waals surface area contributed by atoms with Crippen LogP contribution in [-0.4, -0.2) is 71.9 Å². The number of allylic oxidation sites excluding steroid dienone is 1. The van der Waals surface area contributed by atoms with Crippen molar-refractivity contribution in [1.29, 1.82) is 0 Å². The summed E-state index contributed by atoms with van der Waals surface area (Å²) in [4.78, 5) is 51.5. The topological polar surface area (TPSA) is 155 Å². The third kappa shape index (κ3) is 21.4. The Hall–Kier alpha value is -2.80. The zero-order valence-corrected chi connectivity index (χ0v) is 35.0. The molecule has 1 aromatic heterocycles. The summed E-state index contributed by atoms with van der Waals surface area (Å²) < 4.78 is 4.61. The fraction of sp³-hybridized carbons (Fsp3) is 0.632. The van der Waals surface area contributed by atoms with Crippen LogP contribution in [0.25, 0.3) is 10.9 Å². The Balaban J connectivity index is -0.000000588. The van der Waals surface area contributed by atoms with Gasteiger partial charge in [-0.3, -0.25) is 23.9 Å². The molecule has 2 fully saturated rings. The van der Waals surface area contributed by atoms with Crippen LogP contribution in [0.2, 0.25) is 0 Å². The lowest BCUT2D eigenvalue weighted by Gasteiger charge is -2.26. The number of nitrogens with two attached hydrogens (primary N) is 2. The molecule has 1 aliphatic carbocycles. The first-order valence-electron chi connectivity index (χ1n) is 17.8. The van der Waals surface area contributed by atoms with E-state index in [9.17, 15) is 19.2 Å². The van der Waals surface area contributed by atoms with E-state index in [1.165, 1.54) is 32.0 Å². The van der Waals surface area contributed by atoms with Gasteiger partial charge in [0.2, 0.25) is 17.7 Å². The molecule has 3 amide bonds. The van der Waals surface area contributed by atoms with Crippen molar-refractivity contribution in [3.8, 4) is 0 Å². The Morgan fingerprint density at radius 1 is 1.08 bits per heavy atom. The lowest BCUT2D eigenvalue weighted by Crippen LogP contribution is -2.44. The van der Waals surface area contributed by atoms with Crippen LogP contribution in [0.1, 0.15) is 101 Å². The normalized spacial score (nSPS) is 16.7. The Morgan fingerprint density at radius 3 is 2.10 bits per heavy atom. The molecule has 1 saturated carbocycles. The second-order valence-corrected chi connectivity index (χ2v) is 14.2. The molecule has 288 valence electrons. The first-order valence-corrected chi connectivity index (χ1v) is 19.8. The highest BCUT2D eigenvalue weighted by atomic mass is 32.2. The Morgan fingerprint density at radius 2 is 1.66 bits per heavy atom. The summed E-state index contributed by atoms with van der Waals surface area (Å²) in [5.41, 5.74) is 10.7. The van der Waals surface area contributed by atoms with Gasteiger partial charge in [-0.2, -0.15) is 0 Å². The van der Waals surface area contributed by atoms with Crippen LogP contribution < -0.4 is 21.6 Å². The monoisotopic (exact) mass is 738 g/mol. The summed E-state index contributed by atoms with van der Waals surface area (Å²) >= 11 is 2.96. The maximum absolute atomic E-state index is 11.9. The molecule has 2 heterocycles. The molecule has 0 bridgehead atoms. The van der Waals surface area contributed by atoms with Gasteiger partial charge in [-0.25, -0.2) is 4.31 Å². The van der Waals surface area contributed by atoms with Gasteiger partial charge in [0, 0.05) is 53.6 Å². The molecule has 1 saturated heterocycles. The molecular weight excluding hydrogens is 669 g/mol. The summed E-state index contributed by atoms with van der Waals surface area (Å²) in [6.45, 7) is 22.7. The number of nitrogens with one attached hydrogen (secondary N) is 2. The quantitative estimate of drug-likeness (QED) is 0.122. The molecule has 0 radical (unpaired) electrons. The highest BCUT2D eigenvalue weighted by Crippen LogP contribution is 2.39. The number of thioether (sulfide) groups is 1. The van der Waals surface area contributed by atoms with E-state index in [0.717, 1.165) is 28.6 Å². The third-order valence-electron chi connectivity index (χ3n) is 6.87. The Kier molecular flexibility index (Phi) is 30.8. The van der Waals surface area contributed by atoms with Crippen molar-refractivity contribution in [3.63, 3.8) is 0 Å². The number of amides is 3. The summed E-state index contributed by atoms with van der Waals surface area (Å²) in [5, 5.41) is 0.759. The molecule has 1 aromatic carbocycles. The fourth-order valence-electron chi connectivity index (χ4n) is 4.25. The summed E-state index contributed by atoms with van der Waals surface area (Å²) in [6.07, 6.45) is 11.2. The second-order valence-electron chi connectivity index (χ2n) is 12.2. The van der Waals surface area contributed by atoms with Gasteiger partial charge in [-0.1, -0.05) is 87.3 Å². The van der Waals surface area contributed by atoms with Crippen LogP contribution in [0.3, 0.4) is 0 Å². The van der Waals surface area contributed by atoms with Crippen LogP contribution >= 0.6 is 23.9 Å². The third-order valence-corrected chi connectivity index (χ3v) is 8.30. The molecule has 4 rings (SSSR count). The number of fused-ring (bicyclic) bond motifs is 1. The average molecular weight is 739 g/mol. The van der Waals surface area contributed by atoms with E-state index in [-0.39, 0.29) is 40.5 Å². The number of aromatic nitrogens is 1. The number of para-hydroxylation sites is 1. The van der Waals surface area contributed by atoms with Crippen LogP contribution in [0.4, 0.5) is 0 Å². The zero-order chi connectivity index (χ0) is 39.4. The highest BCUT2D eigenvalue weighted by Gasteiger charge is 2.40. The minimum Gasteiger partial charge on any atom is -0.368 e. The van der Waals surface area contributed by atoms with Crippen LogP contribution in [0.5, 0.6) is 0 Å². The highest BCUT2D eigenvalue weighted by molar-refractivity contribution is 7.98. The van der Waals surface area contributed by atoms with Gasteiger partial charge in [0.25, 0.3) is 0 Å². The summed E-state index contributed by atoms with van der Waals surface area (Å²) in [7, 11) is 5.28. The molecule has 0 spiro atoms. The number of rotatable bonds is 8. The molecule has 2 aliphatic rings. The molecule has 12 heteroatoms. The minimum absolute atomic E-state index is 0.0398. The number of carbonyl (C=O) groups excluding carboxylic acids is 3. The number of benzene rings is 1. The van der Waals surface area contributed by atoms with Gasteiger partial charge in [0.1, 0.15) is 6.04 Å². The lowest BCUT2D eigenvalue weighted by atomic mass is 9.91. The number of H-pyrrole nitrogens is 1. The molecule has 1 aliphatic heterocycles. The maximum Gasteiger partial charge on any atom is 0.240 e. The first-order chi connectivity index (χ1) is 23.7. The van der Waals surface area contributed by atoms with E-state index in [4.69, 9.17) is 5.73 Å². The predicted octanol–water partition coefficient (Wildman–Crippen LogP) is 7.63. The van der Waals surface area contributed by atoms with Gasteiger partial charge in [-0.15, -0.1) is 18.3 Å². The Bertz CT molecular complexity index is 1280. The van der Waals surface area contributed by atoms with Crippen molar-refractivity contribution in [1.82, 2.24) is 18.9 Å². The van der Waals surface area contributed by atoms with Crippen LogP contribution in [0, 0.1) is 17.3 Å². The van der Waals surface area contributed by atoms with Gasteiger partial charge in [-0.05, 0) is 70.1 Å². The molecule has 10 nitrogen and oxygen atoms in total. The van der Waals surface area contributed by atoms with Crippen molar-refractivity contribution < 1.29 is 14.4 Å². The van der Waals surface area contributed by atoms with Crippen LogP contribution in [0.15, 0.2) is 52.8 Å². The van der Waals surface area contributed by atoms with Crippen molar-refractivity contribution in [3.05, 3.63) is 53.3 Å². The average Bonchev–Trinajstić information content (AvgIpc) is 3.74. The number of likely N-dealkylation sites (tertiary alicyclic amines) is 1. The number of primary amides is 1. The molecular formula is C38H70N6O4S2. The first kappa shape index (κ1) is 51.6. The second kappa shape index (κ2) is 29.9. The summed E-state index contributed by atoms with van der Waals surface area (Å²) in [5.74, 6) is 0.375. The van der Waals surface area contributed by atoms with E-state index >= 15 is 0 Å². The minimum atomic E-state index is -0.380. The number of carbonyl (C=O) groups is 3. The number of unbranched alkanes of at least 4 members (excludes halogenated alkanes) is 1. The SMILES string of the molecule is C=CC1CC1C(=O)NSN(C)C.CC.CC.CC(C)(C)CC(=O)N1CCCC1C(N)=O.CCCC.CN.CSc1cccc2c(=O)cc[nH]c12. The predicted molar refractivity (Wildman–Crippen MR) is 219 cm³/mol. The van der Waals surface area contributed by atoms with Gasteiger partial charge < -0.3 is 21.4 Å². The zero-order valence-electron chi connectivity index (χ0n) is 33.4. The van der Waals surface area contributed by atoms with E-state index in [1.807, 2.05) is 97.4 Å². The summed E-state index contributed by atoms with van der Waals surface area (Å²) in [6, 6.07) is 6.92. The Labute approximate surface area is 312 Å². The van der Waals surface area contributed by atoms with E-state index in [2.05, 4.69) is 35.9 Å². The van der Waals surface area contributed by atoms with Crippen molar-refractivity contribution in [2.75, 3.05) is 33.9 Å². The molecule has 50 heavy (non-hydrogen) atoms.